The summed E-state index contributed by atoms with van der Waals surface area (Å²) in [6, 6.07) is 17.6. The lowest BCUT2D eigenvalue weighted by atomic mass is 10.3. The van der Waals surface area contributed by atoms with Crippen LogP contribution in [0.1, 0.15) is 13.8 Å². The molecule has 0 saturated heterocycles. The molecule has 0 bridgehead atoms. The zero-order valence-corrected chi connectivity index (χ0v) is 15.2. The predicted octanol–water partition coefficient (Wildman–Crippen LogP) is 4.35. The van der Waals surface area contributed by atoms with E-state index in [4.69, 9.17) is 5.73 Å². The van der Waals surface area contributed by atoms with Gasteiger partial charge in [0.15, 0.2) is 0 Å². The Morgan fingerprint density at radius 1 is 0.769 bits per heavy atom. The van der Waals surface area contributed by atoms with Gasteiger partial charge in [0.05, 0.1) is 11.4 Å². The Hall–Kier alpha value is -3.28. The third kappa shape index (κ3) is 5.98. The molecule has 3 rings (SSSR count). The fourth-order valence-electron chi connectivity index (χ4n) is 2.22. The molecule has 1 aromatic carbocycles. The maximum absolute atomic E-state index is 5.58. The Morgan fingerprint density at radius 3 is 2.04 bits per heavy atom. The zero-order valence-electron chi connectivity index (χ0n) is 15.2. The van der Waals surface area contributed by atoms with E-state index in [2.05, 4.69) is 32.8 Å². The monoisotopic (exact) mass is 350 g/mol. The van der Waals surface area contributed by atoms with E-state index in [-0.39, 0.29) is 0 Å². The van der Waals surface area contributed by atoms with E-state index < -0.39 is 0 Å². The Kier molecular flexibility index (Phi) is 7.74. The van der Waals surface area contributed by atoms with Crippen LogP contribution in [0.25, 0.3) is 0 Å². The molecule has 0 aliphatic rings. The summed E-state index contributed by atoms with van der Waals surface area (Å²) in [7, 11) is 0. The van der Waals surface area contributed by atoms with Crippen LogP contribution in [0.5, 0.6) is 0 Å². The van der Waals surface area contributed by atoms with Crippen LogP contribution in [-0.4, -0.2) is 23.1 Å². The number of pyridine rings is 2. The van der Waals surface area contributed by atoms with Gasteiger partial charge in [-0.25, -0.2) is 9.97 Å². The van der Waals surface area contributed by atoms with E-state index in [9.17, 15) is 0 Å². The molecule has 136 valence electrons. The first-order chi connectivity index (χ1) is 12.7. The molecule has 0 aliphatic heterocycles. The minimum absolute atomic E-state index is 0.698. The topological polar surface area (TPSA) is 87.9 Å². The second kappa shape index (κ2) is 10.6. The van der Waals surface area contributed by atoms with Gasteiger partial charge in [-0.3, -0.25) is 0 Å². The fourth-order valence-corrected chi connectivity index (χ4v) is 2.22. The van der Waals surface area contributed by atoms with Gasteiger partial charge in [-0.2, -0.15) is 0 Å². The van der Waals surface area contributed by atoms with E-state index in [0.717, 1.165) is 36.1 Å². The summed E-state index contributed by atoms with van der Waals surface area (Å²) in [6.07, 6.45) is 3.50. The van der Waals surface area contributed by atoms with Gasteiger partial charge in [0.2, 0.25) is 0 Å². The zero-order chi connectivity index (χ0) is 18.6. The maximum atomic E-state index is 5.58. The molecule has 5 N–H and O–H groups in total. The predicted molar refractivity (Wildman–Crippen MR) is 111 cm³/mol. The van der Waals surface area contributed by atoms with Crippen LogP contribution in [0.4, 0.5) is 28.7 Å². The van der Waals surface area contributed by atoms with Crippen molar-refractivity contribution >= 4 is 28.7 Å². The van der Waals surface area contributed by atoms with Gasteiger partial charge in [0, 0.05) is 31.2 Å². The Balaban J connectivity index is 0.000000209. The molecule has 3 aromatic rings. The highest BCUT2D eigenvalue weighted by atomic mass is 15.0. The molecule has 0 fully saturated rings. The number of hydrogen-bond acceptors (Lipinski definition) is 6. The first kappa shape index (κ1) is 19.1. The first-order valence-corrected chi connectivity index (χ1v) is 8.69. The van der Waals surface area contributed by atoms with Crippen molar-refractivity contribution in [2.75, 3.05) is 34.8 Å². The second-order valence-corrected chi connectivity index (χ2v) is 5.39. The number of nitrogens with two attached hydrogens (primary N) is 1. The summed E-state index contributed by atoms with van der Waals surface area (Å²) in [5.41, 5.74) is 8.34. The largest absolute Gasteiger partial charge is 0.396 e. The molecule has 6 nitrogen and oxygen atoms in total. The lowest BCUT2D eigenvalue weighted by Crippen LogP contribution is -2.02. The molecule has 0 saturated carbocycles. The molecule has 0 spiro atoms. The molecule has 2 heterocycles. The van der Waals surface area contributed by atoms with Gasteiger partial charge in [-0.05, 0) is 50.2 Å². The third-order valence-electron chi connectivity index (χ3n) is 3.39. The molecule has 2 aromatic heterocycles. The summed E-state index contributed by atoms with van der Waals surface area (Å²) in [5.74, 6) is 1.65. The average molecular weight is 350 g/mol. The average Bonchev–Trinajstić information content (AvgIpc) is 2.67. The van der Waals surface area contributed by atoms with Crippen molar-refractivity contribution in [3.63, 3.8) is 0 Å². The molecule has 0 radical (unpaired) electrons. The normalized spacial score (nSPS) is 9.62. The first-order valence-electron chi connectivity index (χ1n) is 8.69. The van der Waals surface area contributed by atoms with Crippen molar-refractivity contribution in [2.24, 2.45) is 0 Å². The van der Waals surface area contributed by atoms with Crippen molar-refractivity contribution in [3.05, 3.63) is 67.0 Å². The van der Waals surface area contributed by atoms with Gasteiger partial charge in [-0.1, -0.05) is 18.2 Å². The molecule has 0 atom stereocenters. The van der Waals surface area contributed by atoms with Crippen LogP contribution in [0.15, 0.2) is 67.0 Å². The van der Waals surface area contributed by atoms with Crippen LogP contribution in [0.2, 0.25) is 0 Å². The number of hydrogen-bond donors (Lipinski definition) is 4. The van der Waals surface area contributed by atoms with Gasteiger partial charge in [0.1, 0.15) is 11.6 Å². The minimum Gasteiger partial charge on any atom is -0.396 e. The molecule has 26 heavy (non-hydrogen) atoms. The van der Waals surface area contributed by atoms with Gasteiger partial charge in [0.25, 0.3) is 0 Å². The number of aromatic nitrogens is 2. The summed E-state index contributed by atoms with van der Waals surface area (Å²) in [5, 5.41) is 9.59. The highest BCUT2D eigenvalue weighted by molar-refractivity contribution is 5.70. The van der Waals surface area contributed by atoms with Crippen LogP contribution in [0.3, 0.4) is 0 Å². The Morgan fingerprint density at radius 2 is 1.38 bits per heavy atom. The Bertz CT molecular complexity index is 776. The van der Waals surface area contributed by atoms with Crippen molar-refractivity contribution in [2.45, 2.75) is 13.8 Å². The smallest absolute Gasteiger partial charge is 0.149 e. The van der Waals surface area contributed by atoms with E-state index in [1.165, 1.54) is 0 Å². The van der Waals surface area contributed by atoms with Crippen LogP contribution in [-0.2, 0) is 0 Å². The molecule has 6 heteroatoms. The summed E-state index contributed by atoms with van der Waals surface area (Å²) >= 11 is 0. The van der Waals surface area contributed by atoms with Crippen molar-refractivity contribution in [1.82, 2.24) is 9.97 Å². The van der Waals surface area contributed by atoms with E-state index in [0.29, 0.717) is 5.69 Å². The van der Waals surface area contributed by atoms with Gasteiger partial charge < -0.3 is 21.7 Å². The SMILES string of the molecule is CCNc1ncccc1N.CCNc1ncccc1Nc1ccccc1. The standard InChI is InChI=1S/C13H15N3.C7H11N3/c1-2-14-13-12(9-6-10-15-13)16-11-7-4-3-5-8-11;1-2-9-7-6(8)4-3-5-10-7/h3-10,16H,2H2,1H3,(H,14,15);3-5H,2,8H2,1H3,(H,9,10). The number of para-hydroxylation sites is 1. The summed E-state index contributed by atoms with van der Waals surface area (Å²) in [6.45, 7) is 5.77. The van der Waals surface area contributed by atoms with E-state index >= 15 is 0 Å². The lowest BCUT2D eigenvalue weighted by Gasteiger charge is -2.11. The highest BCUT2D eigenvalue weighted by Gasteiger charge is 2.01. The number of nitrogens with one attached hydrogen (secondary N) is 3. The second-order valence-electron chi connectivity index (χ2n) is 5.39. The van der Waals surface area contributed by atoms with Crippen LogP contribution < -0.4 is 21.7 Å². The van der Waals surface area contributed by atoms with E-state index in [1.807, 2.05) is 61.5 Å². The van der Waals surface area contributed by atoms with Gasteiger partial charge in [-0.15, -0.1) is 0 Å². The maximum Gasteiger partial charge on any atom is 0.149 e. The van der Waals surface area contributed by atoms with Crippen molar-refractivity contribution < 1.29 is 0 Å². The number of nitrogen functional groups attached to an aromatic ring is 1. The number of anilines is 5. The Labute approximate surface area is 154 Å². The highest BCUT2D eigenvalue weighted by Crippen LogP contribution is 2.22. The molecule has 0 aliphatic carbocycles. The molecule has 0 amide bonds. The minimum atomic E-state index is 0.698. The molecular formula is C20H26N6. The summed E-state index contributed by atoms with van der Waals surface area (Å²) in [4.78, 5) is 8.32. The number of nitrogens with zero attached hydrogens (tertiary/aromatic N) is 2. The van der Waals surface area contributed by atoms with E-state index in [1.54, 1.807) is 12.4 Å². The quantitative estimate of drug-likeness (QED) is 0.528. The van der Waals surface area contributed by atoms with Crippen LogP contribution >= 0.6 is 0 Å². The number of rotatable bonds is 6. The molecular weight excluding hydrogens is 324 g/mol. The van der Waals surface area contributed by atoms with Crippen molar-refractivity contribution in [1.29, 1.82) is 0 Å². The fraction of sp³-hybridized carbons (Fsp3) is 0.200. The molecule has 0 unspecified atom stereocenters. The number of benzene rings is 1. The lowest BCUT2D eigenvalue weighted by molar-refractivity contribution is 1.16. The summed E-state index contributed by atoms with van der Waals surface area (Å²) < 4.78 is 0. The van der Waals surface area contributed by atoms with Crippen LogP contribution in [0, 0.1) is 0 Å². The van der Waals surface area contributed by atoms with Crippen molar-refractivity contribution in [3.8, 4) is 0 Å². The third-order valence-corrected chi connectivity index (χ3v) is 3.39. The van der Waals surface area contributed by atoms with Gasteiger partial charge >= 0.3 is 0 Å².